The van der Waals surface area contributed by atoms with Crippen LogP contribution in [0.1, 0.15) is 38.7 Å². The Morgan fingerprint density at radius 3 is 2.60 bits per heavy atom. The second-order valence-electron chi connectivity index (χ2n) is 6.09. The molecule has 0 aromatic heterocycles. The standard InChI is InChI=1S/C15H19F2NO2/c1-15(2,3)20-14(19)18-7-6-11(9-18)10-4-5-12(16)13(17)8-10/h4-5,8,11H,6-7,9H2,1-3H3/t11-/m0/s1. The van der Waals surface area contributed by atoms with Gasteiger partial charge in [-0.05, 0) is 44.9 Å². The summed E-state index contributed by atoms with van der Waals surface area (Å²) in [5.74, 6) is -1.67. The van der Waals surface area contributed by atoms with Crippen molar-refractivity contribution in [1.29, 1.82) is 0 Å². The van der Waals surface area contributed by atoms with E-state index in [4.69, 9.17) is 4.74 Å². The van der Waals surface area contributed by atoms with Crippen molar-refractivity contribution in [3.05, 3.63) is 35.4 Å². The molecule has 1 heterocycles. The smallest absolute Gasteiger partial charge is 0.410 e. The molecule has 1 aromatic rings. The lowest BCUT2D eigenvalue weighted by Crippen LogP contribution is -2.35. The predicted octanol–water partition coefficient (Wildman–Crippen LogP) is 3.69. The minimum atomic E-state index is -0.851. The van der Waals surface area contributed by atoms with E-state index in [0.717, 1.165) is 18.1 Å². The highest BCUT2D eigenvalue weighted by atomic mass is 19.2. The lowest BCUT2D eigenvalue weighted by molar-refractivity contribution is 0.0292. The third-order valence-corrected chi connectivity index (χ3v) is 3.26. The van der Waals surface area contributed by atoms with E-state index < -0.39 is 17.2 Å². The van der Waals surface area contributed by atoms with E-state index in [-0.39, 0.29) is 12.0 Å². The maximum Gasteiger partial charge on any atom is 0.410 e. The van der Waals surface area contributed by atoms with E-state index in [1.54, 1.807) is 11.0 Å². The van der Waals surface area contributed by atoms with Crippen molar-refractivity contribution in [2.75, 3.05) is 13.1 Å². The zero-order chi connectivity index (χ0) is 14.9. The van der Waals surface area contributed by atoms with Crippen molar-refractivity contribution >= 4 is 6.09 Å². The molecule has 3 nitrogen and oxygen atoms in total. The summed E-state index contributed by atoms with van der Waals surface area (Å²) in [5, 5.41) is 0. The van der Waals surface area contributed by atoms with Crippen LogP contribution in [0, 0.1) is 11.6 Å². The molecule has 0 radical (unpaired) electrons. The third-order valence-electron chi connectivity index (χ3n) is 3.26. The van der Waals surface area contributed by atoms with Crippen LogP contribution in [0.4, 0.5) is 13.6 Å². The van der Waals surface area contributed by atoms with Gasteiger partial charge in [0.15, 0.2) is 11.6 Å². The number of amides is 1. The van der Waals surface area contributed by atoms with Crippen LogP contribution in [0.2, 0.25) is 0 Å². The molecule has 0 unspecified atom stereocenters. The first kappa shape index (κ1) is 14.8. The third kappa shape index (κ3) is 3.46. The fourth-order valence-corrected chi connectivity index (χ4v) is 2.29. The molecule has 5 heteroatoms. The highest BCUT2D eigenvalue weighted by Crippen LogP contribution is 2.29. The molecule has 1 atom stereocenters. The quantitative estimate of drug-likeness (QED) is 0.786. The van der Waals surface area contributed by atoms with E-state index >= 15 is 0 Å². The van der Waals surface area contributed by atoms with Crippen LogP contribution >= 0.6 is 0 Å². The molecule has 1 aliphatic heterocycles. The first-order chi connectivity index (χ1) is 9.26. The number of hydrogen-bond acceptors (Lipinski definition) is 2. The zero-order valence-corrected chi connectivity index (χ0v) is 12.0. The molecular formula is C15H19F2NO2. The van der Waals surface area contributed by atoms with Crippen LogP contribution < -0.4 is 0 Å². The van der Waals surface area contributed by atoms with E-state index in [1.165, 1.54) is 6.07 Å². The van der Waals surface area contributed by atoms with Gasteiger partial charge in [-0.2, -0.15) is 0 Å². The van der Waals surface area contributed by atoms with Crippen molar-refractivity contribution in [3.8, 4) is 0 Å². The molecule has 2 rings (SSSR count). The molecule has 1 amide bonds. The molecule has 0 saturated carbocycles. The lowest BCUT2D eigenvalue weighted by Gasteiger charge is -2.24. The highest BCUT2D eigenvalue weighted by Gasteiger charge is 2.30. The van der Waals surface area contributed by atoms with E-state index in [9.17, 15) is 13.6 Å². The molecule has 0 aliphatic carbocycles. The average Bonchev–Trinajstić information content (AvgIpc) is 2.80. The van der Waals surface area contributed by atoms with Gasteiger partial charge in [0, 0.05) is 19.0 Å². The Morgan fingerprint density at radius 1 is 1.30 bits per heavy atom. The summed E-state index contributed by atoms with van der Waals surface area (Å²) in [4.78, 5) is 13.5. The summed E-state index contributed by atoms with van der Waals surface area (Å²) in [6.45, 7) is 6.48. The zero-order valence-electron chi connectivity index (χ0n) is 12.0. The van der Waals surface area contributed by atoms with Crippen LogP contribution in [0.3, 0.4) is 0 Å². The number of hydrogen-bond donors (Lipinski definition) is 0. The second kappa shape index (κ2) is 5.38. The minimum Gasteiger partial charge on any atom is -0.444 e. The molecule has 1 fully saturated rings. The van der Waals surface area contributed by atoms with Crippen molar-refractivity contribution in [1.82, 2.24) is 4.90 Å². The second-order valence-corrected chi connectivity index (χ2v) is 6.09. The van der Waals surface area contributed by atoms with Gasteiger partial charge in [-0.15, -0.1) is 0 Å². The normalized spacial score (nSPS) is 19.2. The number of likely N-dealkylation sites (tertiary alicyclic amines) is 1. The Morgan fingerprint density at radius 2 is 2.00 bits per heavy atom. The maximum absolute atomic E-state index is 13.2. The summed E-state index contributed by atoms with van der Waals surface area (Å²) < 4.78 is 31.4. The molecule has 0 N–H and O–H groups in total. The number of nitrogens with zero attached hydrogens (tertiary/aromatic N) is 1. The number of benzene rings is 1. The van der Waals surface area contributed by atoms with Crippen LogP contribution in [0.15, 0.2) is 18.2 Å². The molecule has 1 aliphatic rings. The summed E-state index contributed by atoms with van der Waals surface area (Å²) in [7, 11) is 0. The summed E-state index contributed by atoms with van der Waals surface area (Å²) in [5.41, 5.74) is 0.187. The molecule has 20 heavy (non-hydrogen) atoms. The van der Waals surface area contributed by atoms with Crippen LogP contribution in [0.5, 0.6) is 0 Å². The summed E-state index contributed by atoms with van der Waals surface area (Å²) >= 11 is 0. The Kier molecular flexibility index (Phi) is 3.97. The molecular weight excluding hydrogens is 264 g/mol. The topological polar surface area (TPSA) is 29.5 Å². The van der Waals surface area contributed by atoms with Gasteiger partial charge < -0.3 is 9.64 Å². The fourth-order valence-electron chi connectivity index (χ4n) is 2.29. The Bertz CT molecular complexity index is 511. The largest absolute Gasteiger partial charge is 0.444 e. The Balaban J connectivity index is 2.01. The molecule has 1 aromatic carbocycles. The highest BCUT2D eigenvalue weighted by molar-refractivity contribution is 5.68. The maximum atomic E-state index is 13.2. The van der Waals surface area contributed by atoms with E-state index in [2.05, 4.69) is 0 Å². The van der Waals surface area contributed by atoms with Gasteiger partial charge in [0.25, 0.3) is 0 Å². The van der Waals surface area contributed by atoms with Crippen molar-refractivity contribution in [2.45, 2.75) is 38.7 Å². The minimum absolute atomic E-state index is 0.0256. The number of carbonyl (C=O) groups is 1. The number of carbonyl (C=O) groups excluding carboxylic acids is 1. The number of halogens is 2. The van der Waals surface area contributed by atoms with Crippen LogP contribution in [0.25, 0.3) is 0 Å². The summed E-state index contributed by atoms with van der Waals surface area (Å²) in [6, 6.07) is 3.90. The summed E-state index contributed by atoms with van der Waals surface area (Å²) in [6.07, 6.45) is 0.368. The van der Waals surface area contributed by atoms with Crippen LogP contribution in [-0.4, -0.2) is 29.7 Å². The van der Waals surface area contributed by atoms with Gasteiger partial charge in [-0.1, -0.05) is 6.07 Å². The first-order valence-corrected chi connectivity index (χ1v) is 6.69. The van der Waals surface area contributed by atoms with Gasteiger partial charge in [-0.3, -0.25) is 0 Å². The lowest BCUT2D eigenvalue weighted by atomic mass is 9.98. The van der Waals surface area contributed by atoms with Gasteiger partial charge in [0.05, 0.1) is 0 Å². The van der Waals surface area contributed by atoms with Gasteiger partial charge in [0.2, 0.25) is 0 Å². The van der Waals surface area contributed by atoms with Gasteiger partial charge >= 0.3 is 6.09 Å². The fraction of sp³-hybridized carbons (Fsp3) is 0.533. The monoisotopic (exact) mass is 283 g/mol. The first-order valence-electron chi connectivity index (χ1n) is 6.69. The Labute approximate surface area is 117 Å². The van der Waals surface area contributed by atoms with Crippen molar-refractivity contribution in [3.63, 3.8) is 0 Å². The van der Waals surface area contributed by atoms with E-state index in [0.29, 0.717) is 13.1 Å². The Hall–Kier alpha value is -1.65. The van der Waals surface area contributed by atoms with Crippen molar-refractivity contribution < 1.29 is 18.3 Å². The van der Waals surface area contributed by atoms with Gasteiger partial charge in [-0.25, -0.2) is 13.6 Å². The molecule has 0 bridgehead atoms. The molecule has 110 valence electrons. The molecule has 1 saturated heterocycles. The SMILES string of the molecule is CC(C)(C)OC(=O)N1CC[C@H](c2ccc(F)c(F)c2)C1. The average molecular weight is 283 g/mol. The van der Waals surface area contributed by atoms with Crippen molar-refractivity contribution in [2.24, 2.45) is 0 Å². The predicted molar refractivity (Wildman–Crippen MR) is 71.5 cm³/mol. The van der Waals surface area contributed by atoms with E-state index in [1.807, 2.05) is 20.8 Å². The van der Waals surface area contributed by atoms with Crippen LogP contribution in [-0.2, 0) is 4.74 Å². The number of rotatable bonds is 1. The molecule has 0 spiro atoms. The van der Waals surface area contributed by atoms with Gasteiger partial charge in [0.1, 0.15) is 5.60 Å². The number of ether oxygens (including phenoxy) is 1.